The fourth-order valence-corrected chi connectivity index (χ4v) is 3.30. The molecular weight excluding hydrogens is 350 g/mol. The Morgan fingerprint density at radius 2 is 2.08 bits per heavy atom. The predicted molar refractivity (Wildman–Crippen MR) is 105 cm³/mol. The largest absolute Gasteiger partial charge is 0.375 e. The summed E-state index contributed by atoms with van der Waals surface area (Å²) in [6, 6.07) is 10.7. The van der Waals surface area contributed by atoms with Gasteiger partial charge in [-0.05, 0) is 55.2 Å². The maximum absolute atomic E-state index is 11.0. The summed E-state index contributed by atoms with van der Waals surface area (Å²) < 4.78 is 4.31. The number of nitrogens with zero attached hydrogens (tertiary/aromatic N) is 5. The van der Waals surface area contributed by atoms with Gasteiger partial charge in [-0.25, -0.2) is 0 Å². The van der Waals surface area contributed by atoms with Crippen LogP contribution in [0.4, 0.5) is 17.1 Å². The molecule has 3 aromatic rings. The quantitative estimate of drug-likeness (QED) is 0.337. The van der Waals surface area contributed by atoms with Crippen molar-refractivity contribution in [2.75, 3.05) is 18.5 Å². The third-order valence-corrected chi connectivity index (χ3v) is 5.09. The van der Waals surface area contributed by atoms with Crippen LogP contribution in [0.15, 0.2) is 46.6 Å². The highest BCUT2D eigenvalue weighted by molar-refractivity contribution is 7.07. The molecule has 1 heterocycles. The minimum Gasteiger partial charge on any atom is -0.375 e. The number of hydrogen-bond acceptors (Lipinski definition) is 7. The number of aromatic nitrogens is 1. The monoisotopic (exact) mass is 369 g/mol. The van der Waals surface area contributed by atoms with Crippen LogP contribution in [0.3, 0.4) is 0 Å². The highest BCUT2D eigenvalue weighted by Gasteiger charge is 2.12. The zero-order chi connectivity index (χ0) is 18.7. The second-order valence-corrected chi connectivity index (χ2v) is 6.81. The summed E-state index contributed by atoms with van der Waals surface area (Å²) in [5, 5.41) is 20.3. The van der Waals surface area contributed by atoms with Gasteiger partial charge < -0.3 is 4.90 Å². The fourth-order valence-electron chi connectivity index (χ4n) is 2.56. The lowest BCUT2D eigenvalue weighted by atomic mass is 10.1. The summed E-state index contributed by atoms with van der Waals surface area (Å²) in [7, 11) is 2.05. The number of fused-ring (bicyclic) bond motifs is 1. The Bertz CT molecular complexity index is 983. The smallest absolute Gasteiger partial charge is 0.270 e. The molecule has 0 amide bonds. The average Bonchev–Trinajstić information content (AvgIpc) is 3.04. The van der Waals surface area contributed by atoms with Crippen LogP contribution in [-0.2, 0) is 6.54 Å². The zero-order valence-electron chi connectivity index (χ0n) is 14.8. The standard InChI is InChI=1S/C18H19N5O2S/c1-4-22(3)13-5-7-16(12(2)9-13)20-19-11-18-15-10-14(23(24)25)6-8-17(15)21-26-18/h5-10H,4,11H2,1-3H3. The molecule has 7 nitrogen and oxygen atoms in total. The van der Waals surface area contributed by atoms with E-state index in [0.29, 0.717) is 6.54 Å². The van der Waals surface area contributed by atoms with E-state index in [9.17, 15) is 10.1 Å². The fraction of sp³-hybridized carbons (Fsp3) is 0.278. The van der Waals surface area contributed by atoms with Crippen molar-refractivity contribution in [1.29, 1.82) is 0 Å². The lowest BCUT2D eigenvalue weighted by Crippen LogP contribution is -2.15. The first-order valence-electron chi connectivity index (χ1n) is 8.21. The first-order valence-corrected chi connectivity index (χ1v) is 8.99. The van der Waals surface area contributed by atoms with E-state index < -0.39 is 4.92 Å². The Hall–Kier alpha value is -2.87. The number of nitro groups is 1. The van der Waals surface area contributed by atoms with E-state index in [1.54, 1.807) is 12.1 Å². The second-order valence-electron chi connectivity index (χ2n) is 5.95. The molecular formula is C18H19N5O2S. The first kappa shape index (κ1) is 17.9. The minimum atomic E-state index is -0.402. The van der Waals surface area contributed by atoms with Crippen molar-refractivity contribution < 1.29 is 4.92 Å². The Morgan fingerprint density at radius 1 is 1.27 bits per heavy atom. The number of benzene rings is 2. The number of hydrogen-bond donors (Lipinski definition) is 0. The van der Waals surface area contributed by atoms with Crippen molar-refractivity contribution in [3.05, 3.63) is 57.0 Å². The summed E-state index contributed by atoms with van der Waals surface area (Å²) in [6.45, 7) is 5.39. The van der Waals surface area contributed by atoms with Crippen molar-refractivity contribution in [2.45, 2.75) is 20.4 Å². The molecule has 0 radical (unpaired) electrons. The maximum Gasteiger partial charge on any atom is 0.270 e. The molecule has 134 valence electrons. The van der Waals surface area contributed by atoms with Crippen LogP contribution >= 0.6 is 11.5 Å². The van der Waals surface area contributed by atoms with Crippen molar-refractivity contribution in [1.82, 2.24) is 4.37 Å². The molecule has 8 heteroatoms. The number of non-ortho nitro benzene ring substituents is 1. The number of anilines is 1. The molecule has 0 fully saturated rings. The van der Waals surface area contributed by atoms with Crippen LogP contribution in [0, 0.1) is 17.0 Å². The van der Waals surface area contributed by atoms with E-state index in [1.807, 2.05) is 26.1 Å². The normalized spacial score (nSPS) is 11.3. The van der Waals surface area contributed by atoms with Crippen LogP contribution in [0.5, 0.6) is 0 Å². The van der Waals surface area contributed by atoms with Crippen molar-refractivity contribution in [2.24, 2.45) is 10.2 Å². The Balaban J connectivity index is 1.79. The van der Waals surface area contributed by atoms with E-state index in [0.717, 1.165) is 39.3 Å². The predicted octanol–water partition coefficient (Wildman–Crippen LogP) is 5.25. The van der Waals surface area contributed by atoms with Crippen LogP contribution in [0.25, 0.3) is 10.9 Å². The molecule has 0 spiro atoms. The molecule has 2 aromatic carbocycles. The van der Waals surface area contributed by atoms with Gasteiger partial charge in [0, 0.05) is 36.8 Å². The van der Waals surface area contributed by atoms with Crippen LogP contribution < -0.4 is 4.90 Å². The molecule has 0 atom stereocenters. The van der Waals surface area contributed by atoms with E-state index in [1.165, 1.54) is 17.6 Å². The number of rotatable bonds is 6. The van der Waals surface area contributed by atoms with E-state index >= 15 is 0 Å². The van der Waals surface area contributed by atoms with Crippen LogP contribution in [0.2, 0.25) is 0 Å². The molecule has 26 heavy (non-hydrogen) atoms. The van der Waals surface area contributed by atoms with Crippen LogP contribution in [0.1, 0.15) is 17.4 Å². The summed E-state index contributed by atoms with van der Waals surface area (Å²) >= 11 is 1.30. The highest BCUT2D eigenvalue weighted by Crippen LogP contribution is 2.28. The maximum atomic E-state index is 11.0. The topological polar surface area (TPSA) is 84.0 Å². The molecule has 3 rings (SSSR count). The molecule has 0 saturated heterocycles. The first-order chi connectivity index (χ1) is 12.5. The molecule has 0 aliphatic heterocycles. The van der Waals surface area contributed by atoms with Gasteiger partial charge in [-0.15, -0.1) is 0 Å². The average molecular weight is 369 g/mol. The molecule has 0 bridgehead atoms. The molecule has 0 N–H and O–H groups in total. The van der Waals surface area contributed by atoms with Gasteiger partial charge in [0.25, 0.3) is 5.69 Å². The Labute approximate surface area is 155 Å². The summed E-state index contributed by atoms with van der Waals surface area (Å²) in [5.74, 6) is 0. The third kappa shape index (κ3) is 3.70. The third-order valence-electron chi connectivity index (χ3n) is 4.23. The van der Waals surface area contributed by atoms with Gasteiger partial charge in [-0.1, -0.05) is 0 Å². The molecule has 0 aliphatic rings. The van der Waals surface area contributed by atoms with Gasteiger partial charge in [0.15, 0.2) is 0 Å². The van der Waals surface area contributed by atoms with E-state index in [4.69, 9.17) is 0 Å². The molecule has 0 aliphatic carbocycles. The van der Waals surface area contributed by atoms with Crippen molar-refractivity contribution in [3.63, 3.8) is 0 Å². The number of azo groups is 1. The number of aryl methyl sites for hydroxylation is 1. The van der Waals surface area contributed by atoms with Crippen molar-refractivity contribution in [3.8, 4) is 0 Å². The highest BCUT2D eigenvalue weighted by atomic mass is 32.1. The summed E-state index contributed by atoms with van der Waals surface area (Å²) in [4.78, 5) is 13.6. The van der Waals surface area contributed by atoms with Gasteiger partial charge in [-0.2, -0.15) is 14.6 Å². The molecule has 1 aromatic heterocycles. The SMILES string of the molecule is CCN(C)c1ccc(N=NCc2snc3ccc([N+](=O)[O-])cc23)c(C)c1. The lowest BCUT2D eigenvalue weighted by Gasteiger charge is -2.17. The van der Waals surface area contributed by atoms with Gasteiger partial charge in [0.05, 0.1) is 27.5 Å². The molecule has 0 saturated carbocycles. The van der Waals surface area contributed by atoms with Gasteiger partial charge in [0.2, 0.25) is 0 Å². The van der Waals surface area contributed by atoms with Gasteiger partial charge in [-0.3, -0.25) is 10.1 Å². The molecule has 0 unspecified atom stereocenters. The van der Waals surface area contributed by atoms with Gasteiger partial charge >= 0.3 is 0 Å². The van der Waals surface area contributed by atoms with E-state index in [-0.39, 0.29) is 5.69 Å². The van der Waals surface area contributed by atoms with E-state index in [2.05, 4.69) is 32.5 Å². The summed E-state index contributed by atoms with van der Waals surface area (Å²) in [5.41, 5.74) is 3.82. The van der Waals surface area contributed by atoms with Gasteiger partial charge in [0.1, 0.15) is 0 Å². The Morgan fingerprint density at radius 3 is 2.77 bits per heavy atom. The minimum absolute atomic E-state index is 0.0577. The number of nitro benzene ring substituents is 1. The van der Waals surface area contributed by atoms with Crippen LogP contribution in [-0.4, -0.2) is 22.9 Å². The lowest BCUT2D eigenvalue weighted by molar-refractivity contribution is -0.384. The Kier molecular flexibility index (Phi) is 5.22. The van der Waals surface area contributed by atoms with Crippen molar-refractivity contribution >= 4 is 39.5 Å². The zero-order valence-corrected chi connectivity index (χ0v) is 15.7. The second kappa shape index (κ2) is 7.57. The summed E-state index contributed by atoms with van der Waals surface area (Å²) in [6.07, 6.45) is 0.